The molecule has 1 saturated carbocycles. The van der Waals surface area contributed by atoms with Gasteiger partial charge in [-0.1, -0.05) is 72.8 Å². The minimum absolute atomic E-state index is 0.171. The Morgan fingerprint density at radius 1 is 0.857 bits per heavy atom. The molecule has 1 heterocycles. The van der Waals surface area contributed by atoms with Gasteiger partial charge in [0.05, 0.1) is 25.7 Å². The Morgan fingerprint density at radius 3 is 2.14 bits per heavy atom. The second kappa shape index (κ2) is 10.8. The quantitative estimate of drug-likeness (QED) is 0.280. The first kappa shape index (κ1) is 27.8. The zero-order valence-electron chi connectivity index (χ0n) is 23.5. The summed E-state index contributed by atoms with van der Waals surface area (Å²) >= 11 is 0. The molecule has 2 aliphatic rings. The van der Waals surface area contributed by atoms with Gasteiger partial charge in [-0.3, -0.25) is 4.79 Å². The lowest BCUT2D eigenvalue weighted by atomic mass is 9.70. The van der Waals surface area contributed by atoms with Crippen LogP contribution < -0.4 is 18.9 Å². The first-order chi connectivity index (χ1) is 20.4. The molecule has 0 bridgehead atoms. The molecule has 6 rings (SSSR count). The molecule has 8 heteroatoms. The molecule has 216 valence electrons. The lowest BCUT2D eigenvalue weighted by Crippen LogP contribution is -2.50. The average molecular weight is 569 g/mol. The van der Waals surface area contributed by atoms with Gasteiger partial charge in [-0.2, -0.15) is 0 Å². The van der Waals surface area contributed by atoms with Gasteiger partial charge in [0.25, 0.3) is 0 Å². The summed E-state index contributed by atoms with van der Waals surface area (Å²) in [7, 11) is 4.34. The molecular weight excluding hydrogens is 536 g/mol. The fraction of sp³-hybridized carbons (Fsp3) is 0.265. The summed E-state index contributed by atoms with van der Waals surface area (Å²) in [5, 5.41) is 23.9. The van der Waals surface area contributed by atoms with Crippen LogP contribution in [0.2, 0.25) is 0 Å². The first-order valence-electron chi connectivity index (χ1n) is 13.6. The Labute approximate surface area is 244 Å². The van der Waals surface area contributed by atoms with Crippen LogP contribution in [0.5, 0.6) is 23.0 Å². The molecule has 1 aliphatic heterocycles. The molecule has 1 aliphatic carbocycles. The summed E-state index contributed by atoms with van der Waals surface area (Å²) in [4.78, 5) is 14.5. The van der Waals surface area contributed by atoms with E-state index in [0.717, 1.165) is 5.56 Å². The van der Waals surface area contributed by atoms with Crippen LogP contribution in [0.15, 0.2) is 97.1 Å². The number of methoxy groups -OCH3 is 3. The first-order valence-corrected chi connectivity index (χ1v) is 13.6. The molecular formula is C34H32O8. The summed E-state index contributed by atoms with van der Waals surface area (Å²) in [6.45, 7) is 0.296. The number of rotatable bonds is 9. The molecule has 0 spiro atoms. The number of benzene rings is 4. The van der Waals surface area contributed by atoms with Crippen LogP contribution in [0.4, 0.5) is 0 Å². The minimum atomic E-state index is -2.26. The predicted octanol–water partition coefficient (Wildman–Crippen LogP) is 4.71. The van der Waals surface area contributed by atoms with Gasteiger partial charge in [0.1, 0.15) is 29.6 Å². The van der Waals surface area contributed by atoms with Gasteiger partial charge in [-0.15, -0.1) is 0 Å². The van der Waals surface area contributed by atoms with Gasteiger partial charge in [-0.25, -0.2) is 0 Å². The van der Waals surface area contributed by atoms with Gasteiger partial charge in [0.2, 0.25) is 5.60 Å². The van der Waals surface area contributed by atoms with Crippen LogP contribution in [0, 0.1) is 5.92 Å². The highest BCUT2D eigenvalue weighted by atomic mass is 16.6. The zero-order valence-corrected chi connectivity index (χ0v) is 23.5. The molecule has 2 N–H and O–H groups in total. The Hall–Kier alpha value is -4.37. The SMILES string of the molecule is COc1ccc([C@@]23Oc4cc(OCc5ccccc5)cc(OC)c4[C@]2(O)C(=O)C(C(O)OC)[C@H]3c2ccccc2)cc1. The summed E-state index contributed by atoms with van der Waals surface area (Å²) in [6, 6.07) is 29.3. The van der Waals surface area contributed by atoms with Gasteiger partial charge >= 0.3 is 0 Å². The number of aliphatic hydroxyl groups is 2. The summed E-state index contributed by atoms with van der Waals surface area (Å²) in [5.41, 5.74) is -1.61. The summed E-state index contributed by atoms with van der Waals surface area (Å²) in [6.07, 6.45) is -1.51. The van der Waals surface area contributed by atoms with Crippen molar-refractivity contribution in [2.75, 3.05) is 21.3 Å². The van der Waals surface area contributed by atoms with Crippen molar-refractivity contribution in [3.05, 3.63) is 119 Å². The van der Waals surface area contributed by atoms with Crippen LogP contribution >= 0.6 is 0 Å². The van der Waals surface area contributed by atoms with E-state index in [-0.39, 0.29) is 17.1 Å². The zero-order chi connectivity index (χ0) is 29.5. The van der Waals surface area contributed by atoms with Crippen molar-refractivity contribution in [2.45, 2.75) is 30.0 Å². The molecule has 4 aromatic rings. The molecule has 4 aromatic carbocycles. The van der Waals surface area contributed by atoms with Crippen molar-refractivity contribution in [3.8, 4) is 23.0 Å². The van der Waals surface area contributed by atoms with Gasteiger partial charge in [0.15, 0.2) is 17.7 Å². The summed E-state index contributed by atoms with van der Waals surface area (Å²) < 4.78 is 29.4. The molecule has 42 heavy (non-hydrogen) atoms. The fourth-order valence-electron chi connectivity index (χ4n) is 6.49. The molecule has 2 unspecified atom stereocenters. The van der Waals surface area contributed by atoms with Crippen molar-refractivity contribution in [1.29, 1.82) is 0 Å². The van der Waals surface area contributed by atoms with Gasteiger partial charge in [0, 0.05) is 30.7 Å². The van der Waals surface area contributed by atoms with Crippen molar-refractivity contribution < 1.29 is 38.7 Å². The van der Waals surface area contributed by atoms with E-state index in [9.17, 15) is 15.0 Å². The molecule has 1 fully saturated rings. The predicted molar refractivity (Wildman–Crippen MR) is 154 cm³/mol. The number of ether oxygens (including phenoxy) is 5. The van der Waals surface area contributed by atoms with E-state index in [2.05, 4.69) is 0 Å². The lowest BCUT2D eigenvalue weighted by Gasteiger charge is -2.40. The third-order valence-electron chi connectivity index (χ3n) is 8.36. The van der Waals surface area contributed by atoms with E-state index in [1.165, 1.54) is 14.2 Å². The molecule has 0 radical (unpaired) electrons. The third kappa shape index (κ3) is 4.06. The van der Waals surface area contributed by atoms with Crippen molar-refractivity contribution in [3.63, 3.8) is 0 Å². The second-order valence-corrected chi connectivity index (χ2v) is 10.5. The van der Waals surface area contributed by atoms with Crippen LogP contribution in [-0.2, 0) is 27.3 Å². The maximum absolute atomic E-state index is 14.5. The number of carbonyl (C=O) groups excluding carboxylic acids is 1. The number of aliphatic hydroxyl groups excluding tert-OH is 1. The summed E-state index contributed by atoms with van der Waals surface area (Å²) in [5.74, 6) is -1.16. The number of ketones is 1. The second-order valence-electron chi connectivity index (χ2n) is 10.5. The van der Waals surface area contributed by atoms with E-state index in [1.54, 1.807) is 43.5 Å². The highest BCUT2D eigenvalue weighted by molar-refractivity contribution is 5.99. The van der Waals surface area contributed by atoms with E-state index in [0.29, 0.717) is 29.2 Å². The maximum Gasteiger partial charge on any atom is 0.200 e. The third-order valence-corrected chi connectivity index (χ3v) is 8.36. The number of fused-ring (bicyclic) bond motifs is 3. The molecule has 0 saturated heterocycles. The minimum Gasteiger partial charge on any atom is -0.497 e. The van der Waals surface area contributed by atoms with E-state index < -0.39 is 35.1 Å². The number of Topliss-reactive ketones (excluding diaryl/α,β-unsaturated/α-hetero) is 1. The van der Waals surface area contributed by atoms with Crippen LogP contribution in [-0.4, -0.2) is 43.6 Å². The largest absolute Gasteiger partial charge is 0.497 e. The molecule has 0 aromatic heterocycles. The Balaban J connectivity index is 1.58. The van der Waals surface area contributed by atoms with Gasteiger partial charge in [-0.05, 0) is 23.3 Å². The van der Waals surface area contributed by atoms with E-state index in [4.69, 9.17) is 23.7 Å². The smallest absolute Gasteiger partial charge is 0.200 e. The Bertz CT molecular complexity index is 1570. The highest BCUT2D eigenvalue weighted by Crippen LogP contribution is 2.69. The average Bonchev–Trinajstić information content (AvgIpc) is 3.42. The standard InChI is InChI=1S/C34H32O8/c1-38-24-16-14-23(15-17-24)34-29(22-12-8-5-9-13-22)28(32(36)40-3)31(35)33(34,37)30-26(39-2)18-25(19-27(30)42-34)41-20-21-10-6-4-7-11-21/h4-19,28-29,32,36-37H,20H2,1-3H3/t28?,29-,32?,33+,34+/m1/s1. The normalized spacial score (nSPS) is 24.8. The van der Waals surface area contributed by atoms with E-state index in [1.807, 2.05) is 60.7 Å². The van der Waals surface area contributed by atoms with Crippen molar-refractivity contribution in [1.82, 2.24) is 0 Å². The maximum atomic E-state index is 14.5. The molecule has 0 amide bonds. The fourth-order valence-corrected chi connectivity index (χ4v) is 6.49. The topological polar surface area (TPSA) is 104 Å². The highest BCUT2D eigenvalue weighted by Gasteiger charge is 2.78. The Morgan fingerprint density at radius 2 is 1.52 bits per heavy atom. The number of hydrogen-bond acceptors (Lipinski definition) is 8. The van der Waals surface area contributed by atoms with Crippen LogP contribution in [0.1, 0.15) is 28.2 Å². The Kier molecular flexibility index (Phi) is 7.14. The molecule has 8 nitrogen and oxygen atoms in total. The van der Waals surface area contributed by atoms with Crippen molar-refractivity contribution >= 4 is 5.78 Å². The van der Waals surface area contributed by atoms with Crippen LogP contribution in [0.3, 0.4) is 0 Å². The lowest BCUT2D eigenvalue weighted by molar-refractivity contribution is -0.158. The molecule has 5 atom stereocenters. The monoisotopic (exact) mass is 568 g/mol. The number of hydrogen-bond donors (Lipinski definition) is 2. The van der Waals surface area contributed by atoms with Gasteiger partial charge < -0.3 is 33.9 Å². The van der Waals surface area contributed by atoms with Crippen molar-refractivity contribution in [2.24, 2.45) is 5.92 Å². The number of carbonyl (C=O) groups is 1. The van der Waals surface area contributed by atoms with Crippen LogP contribution in [0.25, 0.3) is 0 Å². The van der Waals surface area contributed by atoms with E-state index >= 15 is 0 Å².